The van der Waals surface area contributed by atoms with Crippen LogP contribution in [0.4, 0.5) is 17.1 Å². The highest BCUT2D eigenvalue weighted by atomic mass is 32.1. The van der Waals surface area contributed by atoms with Crippen LogP contribution >= 0.6 is 11.3 Å². The fourth-order valence-corrected chi connectivity index (χ4v) is 10.0. The number of anilines is 3. The third-order valence-electron chi connectivity index (χ3n) is 11.6. The van der Waals surface area contributed by atoms with Gasteiger partial charge >= 0.3 is 0 Å². The van der Waals surface area contributed by atoms with E-state index in [1.54, 1.807) is 0 Å². The highest BCUT2D eigenvalue weighted by Crippen LogP contribution is 2.46. The Morgan fingerprint density at radius 3 is 1.72 bits per heavy atom. The van der Waals surface area contributed by atoms with Gasteiger partial charge in [-0.15, -0.1) is 11.3 Å². The zero-order valence-electron chi connectivity index (χ0n) is 31.3. The minimum atomic E-state index is 0.904. The van der Waals surface area contributed by atoms with Crippen molar-refractivity contribution in [2.75, 3.05) is 4.90 Å². The van der Waals surface area contributed by atoms with E-state index in [9.17, 15) is 0 Å². The van der Waals surface area contributed by atoms with Crippen LogP contribution in [0.5, 0.6) is 0 Å². The number of nitrogens with zero attached hydrogens (tertiary/aromatic N) is 2. The van der Waals surface area contributed by atoms with Gasteiger partial charge in [-0.1, -0.05) is 121 Å². The van der Waals surface area contributed by atoms with Crippen LogP contribution in [0.25, 0.3) is 91.9 Å². The van der Waals surface area contributed by atoms with E-state index >= 15 is 0 Å². The molecule has 0 spiro atoms. The second-order valence-electron chi connectivity index (χ2n) is 14.9. The van der Waals surface area contributed by atoms with E-state index in [1.165, 1.54) is 53.1 Å². The van der Waals surface area contributed by atoms with Crippen molar-refractivity contribution in [2.45, 2.75) is 0 Å². The van der Waals surface area contributed by atoms with E-state index in [0.29, 0.717) is 0 Å². The summed E-state index contributed by atoms with van der Waals surface area (Å²) < 4.78 is 11.2. The van der Waals surface area contributed by atoms with Crippen molar-refractivity contribution in [1.29, 1.82) is 0 Å². The zero-order chi connectivity index (χ0) is 38.2. The first-order valence-electron chi connectivity index (χ1n) is 19.7. The number of hydrogen-bond acceptors (Lipinski definition) is 3. The molecule has 272 valence electrons. The van der Waals surface area contributed by atoms with Crippen LogP contribution in [0.15, 0.2) is 211 Å². The first kappa shape index (κ1) is 32.8. The fraction of sp³-hybridized carbons (Fsp3) is 0. The second kappa shape index (κ2) is 13.1. The molecule has 0 fully saturated rings. The number of hydrogen-bond donors (Lipinski definition) is 0. The Morgan fingerprint density at radius 1 is 0.379 bits per heavy atom. The lowest BCUT2D eigenvalue weighted by molar-refractivity contribution is 0.669. The predicted octanol–water partition coefficient (Wildman–Crippen LogP) is 15.9. The van der Waals surface area contributed by atoms with Gasteiger partial charge in [0.25, 0.3) is 0 Å². The average molecular weight is 759 g/mol. The minimum Gasteiger partial charge on any atom is -0.456 e. The lowest BCUT2D eigenvalue weighted by Gasteiger charge is -2.27. The van der Waals surface area contributed by atoms with E-state index in [-0.39, 0.29) is 0 Å². The molecule has 0 aliphatic rings. The van der Waals surface area contributed by atoms with E-state index in [2.05, 4.69) is 204 Å². The molecule has 12 aromatic rings. The molecule has 0 atom stereocenters. The third-order valence-corrected chi connectivity index (χ3v) is 12.7. The van der Waals surface area contributed by atoms with Crippen molar-refractivity contribution in [3.8, 4) is 27.9 Å². The molecule has 0 bridgehead atoms. The van der Waals surface area contributed by atoms with Crippen LogP contribution in [-0.2, 0) is 0 Å². The van der Waals surface area contributed by atoms with Crippen LogP contribution < -0.4 is 4.90 Å². The largest absolute Gasteiger partial charge is 0.456 e. The molecule has 9 aromatic carbocycles. The Morgan fingerprint density at radius 2 is 0.948 bits per heavy atom. The molecule has 0 aliphatic carbocycles. The molecule has 0 unspecified atom stereocenters. The number of rotatable bonds is 6. The first-order valence-corrected chi connectivity index (χ1v) is 20.5. The fourth-order valence-electron chi connectivity index (χ4n) is 8.89. The van der Waals surface area contributed by atoms with Crippen molar-refractivity contribution < 1.29 is 4.42 Å². The van der Waals surface area contributed by atoms with Crippen LogP contribution in [-0.4, -0.2) is 4.57 Å². The van der Waals surface area contributed by atoms with Crippen LogP contribution in [0.3, 0.4) is 0 Å². The molecule has 3 aromatic heterocycles. The second-order valence-corrected chi connectivity index (χ2v) is 16.0. The van der Waals surface area contributed by atoms with Gasteiger partial charge in [-0.25, -0.2) is 0 Å². The summed E-state index contributed by atoms with van der Waals surface area (Å²) in [4.78, 5) is 2.41. The van der Waals surface area contributed by atoms with Crippen molar-refractivity contribution in [3.63, 3.8) is 0 Å². The Hall–Kier alpha value is -7.40. The molecular formula is C54H34N2OS. The summed E-state index contributed by atoms with van der Waals surface area (Å²) in [6, 6.07) is 74.5. The van der Waals surface area contributed by atoms with Gasteiger partial charge in [-0.05, 0) is 107 Å². The molecule has 0 N–H and O–H groups in total. The lowest BCUT2D eigenvalue weighted by Crippen LogP contribution is -2.10. The standard InChI is InChI=1S/C54H34N2OS/c1-2-11-39(12-3-1)56-47-16-7-4-13-42(47)43-31-25-37(33-49(43)56)35-21-27-40(28-22-35)55(48-17-10-20-53-54(48)46-15-6-9-19-52(46)58-53)41-29-23-36(24-30-41)38-26-32-45-44-14-5-8-18-50(44)57-51(45)34-38/h1-34H. The summed E-state index contributed by atoms with van der Waals surface area (Å²) >= 11 is 1.85. The van der Waals surface area contributed by atoms with E-state index in [0.717, 1.165) is 55.8 Å². The van der Waals surface area contributed by atoms with Crippen molar-refractivity contribution in [2.24, 2.45) is 0 Å². The summed E-state index contributed by atoms with van der Waals surface area (Å²) in [5, 5.41) is 7.34. The van der Waals surface area contributed by atoms with Gasteiger partial charge in [0.05, 0.1) is 16.7 Å². The molecule has 3 heterocycles. The molecule has 0 aliphatic heterocycles. The average Bonchev–Trinajstić information content (AvgIpc) is 3.97. The summed E-state index contributed by atoms with van der Waals surface area (Å²) in [5.41, 5.74) is 13.4. The summed E-state index contributed by atoms with van der Waals surface area (Å²) in [7, 11) is 0. The van der Waals surface area contributed by atoms with E-state index < -0.39 is 0 Å². The van der Waals surface area contributed by atoms with Gasteiger partial charge in [0.1, 0.15) is 11.2 Å². The number of aromatic nitrogens is 1. The summed E-state index contributed by atoms with van der Waals surface area (Å²) in [6.07, 6.45) is 0. The summed E-state index contributed by atoms with van der Waals surface area (Å²) in [5.74, 6) is 0. The van der Waals surface area contributed by atoms with Crippen LogP contribution in [0, 0.1) is 0 Å². The molecule has 0 saturated carbocycles. The van der Waals surface area contributed by atoms with Gasteiger partial charge in [0, 0.05) is 58.8 Å². The van der Waals surface area contributed by atoms with Crippen LogP contribution in [0.2, 0.25) is 0 Å². The van der Waals surface area contributed by atoms with Gasteiger partial charge in [0.15, 0.2) is 0 Å². The molecule has 4 heteroatoms. The maximum Gasteiger partial charge on any atom is 0.136 e. The summed E-state index contributed by atoms with van der Waals surface area (Å²) in [6.45, 7) is 0. The van der Waals surface area contributed by atoms with Gasteiger partial charge in [-0.3, -0.25) is 0 Å². The lowest BCUT2D eigenvalue weighted by atomic mass is 10.0. The molecule has 0 radical (unpaired) electrons. The number of thiophene rings is 1. The molecule has 12 rings (SSSR count). The molecule has 0 saturated heterocycles. The number of benzene rings is 9. The predicted molar refractivity (Wildman–Crippen MR) is 247 cm³/mol. The quantitative estimate of drug-likeness (QED) is 0.168. The van der Waals surface area contributed by atoms with Crippen molar-refractivity contribution in [3.05, 3.63) is 206 Å². The maximum absolute atomic E-state index is 6.25. The van der Waals surface area contributed by atoms with Crippen LogP contribution in [0.1, 0.15) is 0 Å². The monoisotopic (exact) mass is 758 g/mol. The van der Waals surface area contributed by atoms with Gasteiger partial charge in [0.2, 0.25) is 0 Å². The highest BCUT2D eigenvalue weighted by Gasteiger charge is 2.20. The highest BCUT2D eigenvalue weighted by molar-refractivity contribution is 7.26. The topological polar surface area (TPSA) is 21.3 Å². The maximum atomic E-state index is 6.25. The minimum absolute atomic E-state index is 0.904. The first-order chi connectivity index (χ1) is 28.7. The smallest absolute Gasteiger partial charge is 0.136 e. The van der Waals surface area contributed by atoms with Crippen molar-refractivity contribution in [1.82, 2.24) is 4.57 Å². The zero-order valence-corrected chi connectivity index (χ0v) is 32.2. The van der Waals surface area contributed by atoms with E-state index in [1.807, 2.05) is 23.5 Å². The molecular weight excluding hydrogens is 725 g/mol. The number of fused-ring (bicyclic) bond motifs is 9. The number of furan rings is 1. The Bertz CT molecular complexity index is 3500. The molecule has 0 amide bonds. The Balaban J connectivity index is 0.975. The normalized spacial score (nSPS) is 11.8. The Labute approximate surface area is 338 Å². The third kappa shape index (κ3) is 5.19. The SMILES string of the molecule is c1ccc(-n2c3ccccc3c3ccc(-c4ccc(N(c5ccc(-c6ccc7c(c6)oc6ccccc67)cc5)c5cccc6sc7ccccc7c56)cc4)cc32)cc1. The molecule has 3 nitrogen and oxygen atoms in total. The van der Waals surface area contributed by atoms with Crippen molar-refractivity contribution >= 4 is 92.3 Å². The molecule has 58 heavy (non-hydrogen) atoms. The number of para-hydroxylation sites is 3. The van der Waals surface area contributed by atoms with Gasteiger partial charge < -0.3 is 13.9 Å². The van der Waals surface area contributed by atoms with Gasteiger partial charge in [-0.2, -0.15) is 0 Å². The Kier molecular flexibility index (Phi) is 7.40. The van der Waals surface area contributed by atoms with E-state index in [4.69, 9.17) is 4.42 Å².